The first-order chi connectivity index (χ1) is 11.3. The Kier molecular flexibility index (Phi) is 5.04. The maximum absolute atomic E-state index is 12.8. The Morgan fingerprint density at radius 1 is 1.17 bits per heavy atom. The smallest absolute Gasteiger partial charge is 0.193 e. The highest BCUT2D eigenvalue weighted by molar-refractivity contribution is 7.97. The van der Waals surface area contributed by atoms with Gasteiger partial charge in [-0.3, -0.25) is 0 Å². The molecule has 0 bridgehead atoms. The molecule has 24 heavy (non-hydrogen) atoms. The summed E-state index contributed by atoms with van der Waals surface area (Å²) in [5, 5.41) is 4.32. The Morgan fingerprint density at radius 2 is 1.92 bits per heavy atom. The molecule has 1 fully saturated rings. The fourth-order valence-electron chi connectivity index (χ4n) is 2.77. The Bertz CT molecular complexity index is 923. The Hall–Kier alpha value is -0.930. The minimum Gasteiger partial charge on any atom is -0.308 e. The third-order valence-corrected chi connectivity index (χ3v) is 9.94. The predicted octanol–water partition coefficient (Wildman–Crippen LogP) is 2.13. The van der Waals surface area contributed by atoms with E-state index in [1.807, 2.05) is 12.1 Å². The summed E-state index contributed by atoms with van der Waals surface area (Å²) in [7, 11) is -7.09. The van der Waals surface area contributed by atoms with Crippen molar-refractivity contribution in [2.75, 3.05) is 11.5 Å². The molecule has 1 aromatic heterocycles. The van der Waals surface area contributed by atoms with Gasteiger partial charge in [0.25, 0.3) is 0 Å². The van der Waals surface area contributed by atoms with Crippen LogP contribution in [0.5, 0.6) is 0 Å². The zero-order valence-corrected chi connectivity index (χ0v) is 15.8. The van der Waals surface area contributed by atoms with Gasteiger partial charge < -0.3 is 5.32 Å². The van der Waals surface area contributed by atoms with Gasteiger partial charge in [-0.05, 0) is 23.1 Å². The van der Waals surface area contributed by atoms with Crippen molar-refractivity contribution in [1.82, 2.24) is 5.32 Å². The van der Waals surface area contributed by atoms with Crippen LogP contribution in [-0.4, -0.2) is 39.6 Å². The standard InChI is InChI=1S/C15H16ClNO4S3/c16-12-5-2-1-4-11(12)8-17-13-9-23(18,19)10-14(13)24(20,21)15-6-3-7-22-15/h1-7,13-14,17H,8-10H2/t13-,14-/m0/s1. The van der Waals surface area contributed by atoms with Crippen LogP contribution in [0.15, 0.2) is 46.0 Å². The first-order valence-corrected chi connectivity index (χ1v) is 11.9. The summed E-state index contributed by atoms with van der Waals surface area (Å²) in [6.07, 6.45) is 0. The predicted molar refractivity (Wildman–Crippen MR) is 96.0 cm³/mol. The van der Waals surface area contributed by atoms with E-state index in [-0.39, 0.29) is 15.7 Å². The lowest BCUT2D eigenvalue weighted by Gasteiger charge is -2.19. The van der Waals surface area contributed by atoms with E-state index >= 15 is 0 Å². The molecule has 1 aromatic carbocycles. The van der Waals surface area contributed by atoms with E-state index in [0.717, 1.165) is 16.9 Å². The maximum atomic E-state index is 12.8. The van der Waals surface area contributed by atoms with E-state index in [0.29, 0.717) is 11.6 Å². The van der Waals surface area contributed by atoms with Crippen LogP contribution in [-0.2, 0) is 26.2 Å². The molecule has 2 aromatic rings. The van der Waals surface area contributed by atoms with Crippen LogP contribution in [0, 0.1) is 0 Å². The van der Waals surface area contributed by atoms with Crippen LogP contribution in [0.25, 0.3) is 0 Å². The summed E-state index contributed by atoms with van der Waals surface area (Å²) < 4.78 is 49.7. The first kappa shape index (κ1) is 17.9. The lowest BCUT2D eigenvalue weighted by atomic mass is 10.2. The van der Waals surface area contributed by atoms with E-state index in [1.54, 1.807) is 23.6 Å². The lowest BCUT2D eigenvalue weighted by Crippen LogP contribution is -2.42. The summed E-state index contributed by atoms with van der Waals surface area (Å²) in [4.78, 5) is 0. The molecule has 0 aliphatic carbocycles. The van der Waals surface area contributed by atoms with Crippen molar-refractivity contribution < 1.29 is 16.8 Å². The SMILES string of the molecule is O=S1(=O)C[C@H](NCc2ccccc2Cl)[C@@H](S(=O)(=O)c2cccs2)C1. The van der Waals surface area contributed by atoms with Crippen molar-refractivity contribution in [3.63, 3.8) is 0 Å². The van der Waals surface area contributed by atoms with Gasteiger partial charge >= 0.3 is 0 Å². The average molecular weight is 406 g/mol. The van der Waals surface area contributed by atoms with Crippen molar-refractivity contribution in [2.24, 2.45) is 0 Å². The van der Waals surface area contributed by atoms with Crippen LogP contribution in [0.1, 0.15) is 5.56 Å². The average Bonchev–Trinajstić information content (AvgIpc) is 3.14. The van der Waals surface area contributed by atoms with Crippen molar-refractivity contribution in [2.45, 2.75) is 22.0 Å². The maximum Gasteiger partial charge on any atom is 0.193 e. The molecule has 5 nitrogen and oxygen atoms in total. The fraction of sp³-hybridized carbons (Fsp3) is 0.333. The largest absolute Gasteiger partial charge is 0.308 e. The normalized spacial score (nSPS) is 23.4. The number of benzene rings is 1. The molecular weight excluding hydrogens is 390 g/mol. The zero-order valence-electron chi connectivity index (χ0n) is 12.6. The molecule has 1 aliphatic rings. The fourth-order valence-corrected chi connectivity index (χ4v) is 8.91. The zero-order chi connectivity index (χ0) is 17.4. The topological polar surface area (TPSA) is 80.3 Å². The summed E-state index contributed by atoms with van der Waals surface area (Å²) in [6, 6.07) is 9.69. The van der Waals surface area contributed by atoms with Gasteiger partial charge in [0.2, 0.25) is 0 Å². The molecule has 2 heterocycles. The molecule has 0 spiro atoms. The molecule has 0 unspecified atom stereocenters. The van der Waals surface area contributed by atoms with E-state index in [4.69, 9.17) is 11.6 Å². The van der Waals surface area contributed by atoms with Gasteiger partial charge in [-0.15, -0.1) is 11.3 Å². The molecule has 1 N–H and O–H groups in total. The molecule has 2 atom stereocenters. The third kappa shape index (κ3) is 3.67. The number of sulfone groups is 2. The van der Waals surface area contributed by atoms with Gasteiger partial charge in [0.15, 0.2) is 19.7 Å². The monoisotopic (exact) mass is 405 g/mol. The Balaban J connectivity index is 1.84. The van der Waals surface area contributed by atoms with Gasteiger partial charge in [0.05, 0.1) is 16.8 Å². The van der Waals surface area contributed by atoms with E-state index in [2.05, 4.69) is 5.32 Å². The first-order valence-electron chi connectivity index (χ1n) is 7.24. The number of nitrogens with one attached hydrogen (secondary N) is 1. The van der Waals surface area contributed by atoms with E-state index in [1.165, 1.54) is 6.07 Å². The molecule has 0 amide bonds. The third-order valence-electron chi connectivity index (χ3n) is 3.99. The van der Waals surface area contributed by atoms with Crippen LogP contribution in [0.3, 0.4) is 0 Å². The highest BCUT2D eigenvalue weighted by Crippen LogP contribution is 2.29. The number of rotatable bonds is 5. The minimum absolute atomic E-state index is 0.188. The number of halogens is 1. The van der Waals surface area contributed by atoms with Gasteiger partial charge in [-0.1, -0.05) is 35.9 Å². The number of hydrogen-bond acceptors (Lipinski definition) is 6. The van der Waals surface area contributed by atoms with E-state index in [9.17, 15) is 16.8 Å². The number of thiophene rings is 1. The highest BCUT2D eigenvalue weighted by Gasteiger charge is 2.45. The minimum atomic E-state index is -3.69. The highest BCUT2D eigenvalue weighted by atomic mass is 35.5. The quantitative estimate of drug-likeness (QED) is 0.824. The van der Waals surface area contributed by atoms with Crippen molar-refractivity contribution >= 4 is 42.6 Å². The molecule has 0 saturated carbocycles. The van der Waals surface area contributed by atoms with Crippen LogP contribution in [0.4, 0.5) is 0 Å². The summed E-state index contributed by atoms with van der Waals surface area (Å²) in [5.74, 6) is -0.542. The van der Waals surface area contributed by atoms with Crippen molar-refractivity contribution in [1.29, 1.82) is 0 Å². The molecular formula is C15H16ClNO4S3. The summed E-state index contributed by atoms with van der Waals surface area (Å²) in [6.45, 7) is 0.316. The van der Waals surface area contributed by atoms with Crippen molar-refractivity contribution in [3.8, 4) is 0 Å². The summed E-state index contributed by atoms with van der Waals surface area (Å²) in [5.41, 5.74) is 0.802. The second kappa shape index (κ2) is 6.76. The molecule has 130 valence electrons. The molecule has 1 aliphatic heterocycles. The number of hydrogen-bond donors (Lipinski definition) is 1. The molecule has 9 heteroatoms. The molecule has 3 rings (SSSR count). The van der Waals surface area contributed by atoms with Crippen molar-refractivity contribution in [3.05, 3.63) is 52.4 Å². The van der Waals surface area contributed by atoms with Gasteiger partial charge in [0.1, 0.15) is 4.21 Å². The van der Waals surface area contributed by atoms with Gasteiger partial charge in [0, 0.05) is 17.6 Å². The van der Waals surface area contributed by atoms with Gasteiger partial charge in [-0.25, -0.2) is 16.8 Å². The van der Waals surface area contributed by atoms with Crippen LogP contribution < -0.4 is 5.32 Å². The second-order valence-corrected chi connectivity index (χ2v) is 11.6. The Morgan fingerprint density at radius 3 is 2.58 bits per heavy atom. The van der Waals surface area contributed by atoms with Gasteiger partial charge in [-0.2, -0.15) is 0 Å². The Labute approximate surface area is 150 Å². The molecule has 1 saturated heterocycles. The lowest BCUT2D eigenvalue weighted by molar-refractivity contribution is 0.527. The second-order valence-electron chi connectivity index (χ2n) is 5.67. The van der Waals surface area contributed by atoms with Crippen LogP contribution in [0.2, 0.25) is 5.02 Å². The van der Waals surface area contributed by atoms with Crippen LogP contribution >= 0.6 is 22.9 Å². The van der Waals surface area contributed by atoms with E-state index < -0.39 is 31.0 Å². The summed E-state index contributed by atoms with van der Waals surface area (Å²) >= 11 is 7.20. The molecule has 0 radical (unpaired) electrons.